The van der Waals surface area contributed by atoms with Gasteiger partial charge in [-0.3, -0.25) is 0 Å². The van der Waals surface area contributed by atoms with Crippen molar-refractivity contribution in [3.05, 3.63) is 18.1 Å². The molecule has 0 aromatic carbocycles. The van der Waals surface area contributed by atoms with Crippen LogP contribution in [0, 0.1) is 0 Å². The average Bonchev–Trinajstić information content (AvgIpc) is 2.85. The molecule has 0 saturated carbocycles. The van der Waals surface area contributed by atoms with Gasteiger partial charge in [-0.2, -0.15) is 26.4 Å². The Morgan fingerprint density at radius 1 is 1.53 bits per heavy atom. The molecule has 2 rings (SSSR count). The van der Waals surface area contributed by atoms with Gasteiger partial charge in [0.05, 0.1) is 12.3 Å². The Balaban J connectivity index is 2.41. The van der Waals surface area contributed by atoms with E-state index in [4.69, 9.17) is 4.74 Å². The average molecular weight is 281 g/mol. The Hall–Kier alpha value is -1.34. The maximum Gasteiger partial charge on any atom is 0.254 e. The van der Waals surface area contributed by atoms with Crippen LogP contribution in [0.25, 0.3) is 5.78 Å². The Labute approximate surface area is 117 Å². The molecule has 0 bridgehead atoms. The van der Waals surface area contributed by atoms with E-state index < -0.39 is 0 Å². The van der Waals surface area contributed by atoms with Gasteiger partial charge in [0.25, 0.3) is 5.78 Å². The molecule has 7 heteroatoms. The standard InChI is InChI=1S/C12H19N5OS/c1-9(7-19-4)16(2)11-5-10(6-18-3)15-12-13-8-14-17(11)12/h5,8-9H,6-7H2,1-4H3. The van der Waals surface area contributed by atoms with Crippen LogP contribution in [-0.2, 0) is 11.3 Å². The number of nitrogens with zero attached hydrogens (tertiary/aromatic N) is 5. The lowest BCUT2D eigenvalue weighted by molar-refractivity contribution is 0.181. The molecular weight excluding hydrogens is 262 g/mol. The third-order valence-corrected chi connectivity index (χ3v) is 3.82. The zero-order valence-electron chi connectivity index (χ0n) is 11.7. The lowest BCUT2D eigenvalue weighted by Gasteiger charge is -2.26. The Bertz CT molecular complexity index is 544. The molecule has 0 spiro atoms. The van der Waals surface area contributed by atoms with E-state index in [1.165, 1.54) is 6.33 Å². The number of ether oxygens (including phenoxy) is 1. The minimum atomic E-state index is 0.403. The van der Waals surface area contributed by atoms with Crippen LogP contribution in [0.15, 0.2) is 12.4 Å². The molecule has 1 atom stereocenters. The number of fused-ring (bicyclic) bond motifs is 1. The Morgan fingerprint density at radius 3 is 3.00 bits per heavy atom. The zero-order valence-corrected chi connectivity index (χ0v) is 12.5. The molecule has 0 amide bonds. The highest BCUT2D eigenvalue weighted by molar-refractivity contribution is 7.98. The van der Waals surface area contributed by atoms with Crippen molar-refractivity contribution in [3.63, 3.8) is 0 Å². The smallest absolute Gasteiger partial charge is 0.254 e. The molecule has 19 heavy (non-hydrogen) atoms. The van der Waals surface area contributed by atoms with Crippen LogP contribution in [-0.4, -0.2) is 51.8 Å². The quantitative estimate of drug-likeness (QED) is 0.799. The second-order valence-electron chi connectivity index (χ2n) is 4.43. The maximum atomic E-state index is 5.15. The summed E-state index contributed by atoms with van der Waals surface area (Å²) in [6.07, 6.45) is 3.63. The first-order chi connectivity index (χ1) is 9.17. The summed E-state index contributed by atoms with van der Waals surface area (Å²) in [7, 11) is 3.73. The van der Waals surface area contributed by atoms with Crippen molar-refractivity contribution < 1.29 is 4.74 Å². The Morgan fingerprint density at radius 2 is 2.32 bits per heavy atom. The minimum Gasteiger partial charge on any atom is -0.378 e. The van der Waals surface area contributed by atoms with Crippen molar-refractivity contribution in [3.8, 4) is 0 Å². The first-order valence-corrected chi connectivity index (χ1v) is 7.47. The van der Waals surface area contributed by atoms with E-state index in [0.29, 0.717) is 18.4 Å². The summed E-state index contributed by atoms with van der Waals surface area (Å²) in [5.41, 5.74) is 0.862. The summed E-state index contributed by atoms with van der Waals surface area (Å²) >= 11 is 1.83. The molecule has 2 heterocycles. The molecular formula is C12H19N5OS. The molecule has 0 fully saturated rings. The lowest BCUT2D eigenvalue weighted by atomic mass is 10.3. The number of hydrogen-bond donors (Lipinski definition) is 0. The monoisotopic (exact) mass is 281 g/mol. The van der Waals surface area contributed by atoms with E-state index in [-0.39, 0.29) is 0 Å². The van der Waals surface area contributed by atoms with E-state index >= 15 is 0 Å². The normalized spacial score (nSPS) is 12.8. The van der Waals surface area contributed by atoms with Crippen LogP contribution in [0.1, 0.15) is 12.6 Å². The predicted molar refractivity (Wildman–Crippen MR) is 77.7 cm³/mol. The molecule has 104 valence electrons. The fraction of sp³-hybridized carbons (Fsp3) is 0.583. The van der Waals surface area contributed by atoms with Crippen molar-refractivity contribution in [1.82, 2.24) is 19.6 Å². The van der Waals surface area contributed by atoms with Crippen LogP contribution in [0.4, 0.5) is 5.82 Å². The molecule has 0 N–H and O–H groups in total. The van der Waals surface area contributed by atoms with E-state index in [0.717, 1.165) is 17.3 Å². The van der Waals surface area contributed by atoms with E-state index in [1.807, 2.05) is 17.8 Å². The summed E-state index contributed by atoms with van der Waals surface area (Å²) in [5.74, 6) is 2.64. The van der Waals surface area contributed by atoms with Gasteiger partial charge in [0.15, 0.2) is 0 Å². The highest BCUT2D eigenvalue weighted by Crippen LogP contribution is 2.18. The molecule has 6 nitrogen and oxygen atoms in total. The topological polar surface area (TPSA) is 55.6 Å². The SMILES string of the molecule is COCc1cc(N(C)C(C)CSC)n2ncnc2n1. The van der Waals surface area contributed by atoms with Gasteiger partial charge in [0.1, 0.15) is 12.1 Å². The minimum absolute atomic E-state index is 0.403. The van der Waals surface area contributed by atoms with Crippen LogP contribution >= 0.6 is 11.8 Å². The molecule has 0 aliphatic heterocycles. The summed E-state index contributed by atoms with van der Waals surface area (Å²) in [4.78, 5) is 10.8. The summed E-state index contributed by atoms with van der Waals surface area (Å²) < 4.78 is 6.91. The number of anilines is 1. The molecule has 0 aliphatic carbocycles. The van der Waals surface area contributed by atoms with E-state index in [2.05, 4.69) is 40.2 Å². The second-order valence-corrected chi connectivity index (χ2v) is 5.34. The van der Waals surface area contributed by atoms with Crippen molar-refractivity contribution in [1.29, 1.82) is 0 Å². The largest absolute Gasteiger partial charge is 0.378 e. The molecule has 0 radical (unpaired) electrons. The summed E-state index contributed by atoms with van der Waals surface area (Å²) in [6.45, 7) is 2.66. The number of aromatic nitrogens is 4. The number of rotatable bonds is 6. The zero-order chi connectivity index (χ0) is 13.8. The highest BCUT2D eigenvalue weighted by Gasteiger charge is 2.15. The number of thioether (sulfide) groups is 1. The van der Waals surface area contributed by atoms with Gasteiger partial charge in [-0.05, 0) is 13.2 Å². The highest BCUT2D eigenvalue weighted by atomic mass is 32.2. The van der Waals surface area contributed by atoms with Gasteiger partial charge in [-0.25, -0.2) is 4.98 Å². The molecule has 1 unspecified atom stereocenters. The third kappa shape index (κ3) is 2.98. The van der Waals surface area contributed by atoms with E-state index in [1.54, 1.807) is 11.6 Å². The van der Waals surface area contributed by atoms with Crippen molar-refractivity contribution >= 4 is 23.4 Å². The van der Waals surface area contributed by atoms with Gasteiger partial charge in [-0.1, -0.05) is 0 Å². The van der Waals surface area contributed by atoms with Crippen molar-refractivity contribution in [2.75, 3.05) is 31.1 Å². The molecule has 2 aromatic heterocycles. The first-order valence-electron chi connectivity index (χ1n) is 6.07. The summed E-state index contributed by atoms with van der Waals surface area (Å²) in [5, 5.41) is 4.24. The third-order valence-electron chi connectivity index (χ3n) is 3.01. The van der Waals surface area contributed by atoms with E-state index in [9.17, 15) is 0 Å². The predicted octanol–water partition coefficient (Wildman–Crippen LogP) is 1.46. The fourth-order valence-electron chi connectivity index (χ4n) is 1.90. The van der Waals surface area contributed by atoms with Crippen LogP contribution in [0.2, 0.25) is 0 Å². The van der Waals surface area contributed by atoms with Crippen molar-refractivity contribution in [2.24, 2.45) is 0 Å². The molecule has 0 aliphatic rings. The molecule has 2 aromatic rings. The molecule has 0 saturated heterocycles. The summed E-state index contributed by atoms with van der Waals surface area (Å²) in [6, 6.07) is 2.40. The first kappa shape index (κ1) is 14.1. The van der Waals surface area contributed by atoms with Crippen LogP contribution < -0.4 is 4.90 Å². The number of hydrogen-bond acceptors (Lipinski definition) is 6. The van der Waals surface area contributed by atoms with Crippen LogP contribution in [0.3, 0.4) is 0 Å². The maximum absolute atomic E-state index is 5.15. The Kier molecular flexibility index (Phi) is 4.60. The fourth-order valence-corrected chi connectivity index (χ4v) is 2.60. The van der Waals surface area contributed by atoms with Crippen molar-refractivity contribution in [2.45, 2.75) is 19.6 Å². The van der Waals surface area contributed by atoms with Gasteiger partial charge in [0.2, 0.25) is 0 Å². The second kappa shape index (κ2) is 6.21. The van der Waals surface area contributed by atoms with Crippen LogP contribution in [0.5, 0.6) is 0 Å². The van der Waals surface area contributed by atoms with Gasteiger partial charge < -0.3 is 9.64 Å². The van der Waals surface area contributed by atoms with Gasteiger partial charge in [0, 0.05) is 32.0 Å². The number of methoxy groups -OCH3 is 1. The lowest BCUT2D eigenvalue weighted by Crippen LogP contribution is -2.32. The van der Waals surface area contributed by atoms with Gasteiger partial charge in [-0.15, -0.1) is 0 Å². The van der Waals surface area contributed by atoms with Gasteiger partial charge >= 0.3 is 0 Å².